The molecule has 2 amide bonds. The fourth-order valence-corrected chi connectivity index (χ4v) is 4.77. The second-order valence-electron chi connectivity index (χ2n) is 6.36. The summed E-state index contributed by atoms with van der Waals surface area (Å²) in [4.78, 5) is 26.6. The topological polar surface area (TPSA) is 60.9 Å². The van der Waals surface area contributed by atoms with E-state index in [1.54, 1.807) is 41.8 Å². The minimum Gasteiger partial charge on any atom is -0.302 e. The molecule has 1 aliphatic heterocycles. The Labute approximate surface area is 176 Å². The number of rotatable bonds is 3. The molecule has 0 spiro atoms. The SMILES string of the molecule is O=C1CN(C(=O)c2c(F)ccc(-c3ccccc3)c2F)C(c2cc(Br)cs2)N1O. The highest BCUT2D eigenvalue weighted by Gasteiger charge is 2.43. The maximum Gasteiger partial charge on any atom is 0.268 e. The van der Waals surface area contributed by atoms with Gasteiger partial charge in [-0.2, -0.15) is 5.06 Å². The van der Waals surface area contributed by atoms with Gasteiger partial charge in [-0.1, -0.05) is 30.3 Å². The van der Waals surface area contributed by atoms with Crippen LogP contribution in [-0.4, -0.2) is 33.5 Å². The van der Waals surface area contributed by atoms with E-state index in [2.05, 4.69) is 15.9 Å². The lowest BCUT2D eigenvalue weighted by atomic mass is 10.0. The molecule has 1 fully saturated rings. The lowest BCUT2D eigenvalue weighted by Crippen LogP contribution is -2.35. The lowest BCUT2D eigenvalue weighted by molar-refractivity contribution is -0.168. The standard InChI is InChI=1S/C20H13BrF2N2O3S/c21-12-8-15(29-10-12)19-24(9-16(26)25(19)28)20(27)17-14(22)7-6-13(18(17)23)11-4-2-1-3-5-11/h1-8,10,19,28H,9H2. The van der Waals surface area contributed by atoms with Crippen molar-refractivity contribution in [2.75, 3.05) is 6.54 Å². The number of halogens is 3. The van der Waals surface area contributed by atoms with Gasteiger partial charge in [-0.25, -0.2) is 8.78 Å². The number of hydroxylamine groups is 2. The number of hydrogen-bond acceptors (Lipinski definition) is 4. The third kappa shape index (κ3) is 3.45. The fourth-order valence-electron chi connectivity index (χ4n) is 3.23. The molecule has 4 rings (SSSR count). The molecule has 148 valence electrons. The molecule has 1 N–H and O–H groups in total. The zero-order valence-corrected chi connectivity index (χ0v) is 17.1. The van der Waals surface area contributed by atoms with Gasteiger partial charge in [0.25, 0.3) is 11.8 Å². The number of carbonyl (C=O) groups is 2. The van der Waals surface area contributed by atoms with Crippen molar-refractivity contribution in [1.29, 1.82) is 0 Å². The van der Waals surface area contributed by atoms with Gasteiger partial charge in [0.05, 0.1) is 4.88 Å². The highest BCUT2D eigenvalue weighted by Crippen LogP contribution is 2.37. The molecular weight excluding hydrogens is 466 g/mol. The van der Waals surface area contributed by atoms with Crippen LogP contribution < -0.4 is 0 Å². The number of amides is 2. The molecule has 5 nitrogen and oxygen atoms in total. The minimum absolute atomic E-state index is 0.0668. The van der Waals surface area contributed by atoms with Gasteiger partial charge in [0, 0.05) is 15.4 Å². The van der Waals surface area contributed by atoms with E-state index >= 15 is 4.39 Å². The zero-order valence-electron chi connectivity index (χ0n) is 14.7. The second-order valence-corrected chi connectivity index (χ2v) is 8.22. The minimum atomic E-state index is -1.16. The van der Waals surface area contributed by atoms with E-state index < -0.39 is 41.7 Å². The summed E-state index contributed by atoms with van der Waals surface area (Å²) in [6, 6.07) is 12.4. The van der Waals surface area contributed by atoms with E-state index in [1.807, 2.05) is 0 Å². The highest BCUT2D eigenvalue weighted by atomic mass is 79.9. The average Bonchev–Trinajstić information content (AvgIpc) is 3.25. The van der Waals surface area contributed by atoms with Crippen LogP contribution >= 0.6 is 27.3 Å². The molecule has 29 heavy (non-hydrogen) atoms. The predicted octanol–water partition coefficient (Wildman–Crippen LogP) is 4.83. The monoisotopic (exact) mass is 478 g/mol. The molecule has 1 aliphatic rings. The first-order valence-electron chi connectivity index (χ1n) is 8.47. The van der Waals surface area contributed by atoms with E-state index in [0.29, 0.717) is 20.0 Å². The Morgan fingerprint density at radius 2 is 1.90 bits per heavy atom. The summed E-state index contributed by atoms with van der Waals surface area (Å²) in [5.74, 6) is -3.82. The number of hydrogen-bond donors (Lipinski definition) is 1. The molecule has 0 radical (unpaired) electrons. The zero-order chi connectivity index (χ0) is 20.7. The summed E-state index contributed by atoms with van der Waals surface area (Å²) in [5.41, 5.74) is -0.216. The third-order valence-corrected chi connectivity index (χ3v) is 6.31. The molecule has 1 saturated heterocycles. The number of carbonyl (C=O) groups excluding carboxylic acids is 2. The van der Waals surface area contributed by atoms with Crippen molar-refractivity contribution in [3.63, 3.8) is 0 Å². The van der Waals surface area contributed by atoms with E-state index in [9.17, 15) is 19.2 Å². The van der Waals surface area contributed by atoms with Crippen molar-refractivity contribution in [1.82, 2.24) is 9.96 Å². The quantitative estimate of drug-likeness (QED) is 0.548. The average molecular weight is 479 g/mol. The maximum absolute atomic E-state index is 15.2. The van der Waals surface area contributed by atoms with Gasteiger partial charge in [-0.05, 0) is 39.7 Å². The van der Waals surface area contributed by atoms with E-state index in [-0.39, 0.29) is 5.56 Å². The third-order valence-electron chi connectivity index (χ3n) is 4.58. The van der Waals surface area contributed by atoms with Crippen LogP contribution in [0.5, 0.6) is 0 Å². The second kappa shape index (κ2) is 7.66. The molecule has 1 unspecified atom stereocenters. The molecule has 1 aromatic heterocycles. The van der Waals surface area contributed by atoms with Gasteiger partial charge >= 0.3 is 0 Å². The lowest BCUT2D eigenvalue weighted by Gasteiger charge is -2.25. The molecule has 9 heteroatoms. The van der Waals surface area contributed by atoms with E-state index in [4.69, 9.17) is 0 Å². The van der Waals surface area contributed by atoms with Crippen LogP contribution in [0.4, 0.5) is 8.78 Å². The Morgan fingerprint density at radius 3 is 2.55 bits per heavy atom. The largest absolute Gasteiger partial charge is 0.302 e. The summed E-state index contributed by atoms with van der Waals surface area (Å²) in [7, 11) is 0. The van der Waals surface area contributed by atoms with Gasteiger partial charge in [0.2, 0.25) is 0 Å². The first-order valence-corrected chi connectivity index (χ1v) is 10.1. The van der Waals surface area contributed by atoms with Crippen molar-refractivity contribution in [2.24, 2.45) is 0 Å². The summed E-state index contributed by atoms with van der Waals surface area (Å²) < 4.78 is 30.4. The van der Waals surface area contributed by atoms with Crippen molar-refractivity contribution >= 4 is 39.1 Å². The maximum atomic E-state index is 15.2. The molecule has 0 saturated carbocycles. The smallest absolute Gasteiger partial charge is 0.268 e. The summed E-state index contributed by atoms with van der Waals surface area (Å²) in [5, 5.41) is 12.3. The summed E-state index contributed by atoms with van der Waals surface area (Å²) in [6.07, 6.45) is -1.16. The highest BCUT2D eigenvalue weighted by molar-refractivity contribution is 9.10. The molecular formula is C20H13BrF2N2O3S. The van der Waals surface area contributed by atoms with Gasteiger partial charge in [-0.15, -0.1) is 11.3 Å². The van der Waals surface area contributed by atoms with Crippen LogP contribution in [0.15, 0.2) is 58.4 Å². The Morgan fingerprint density at radius 1 is 1.17 bits per heavy atom. The van der Waals surface area contributed by atoms with Crippen LogP contribution in [0.2, 0.25) is 0 Å². The Balaban J connectivity index is 1.78. The molecule has 2 aromatic carbocycles. The van der Waals surface area contributed by atoms with Gasteiger partial charge in [0.15, 0.2) is 6.17 Å². The Kier molecular flexibility index (Phi) is 5.20. The molecule has 2 heterocycles. The van der Waals surface area contributed by atoms with Crippen LogP contribution in [0.1, 0.15) is 21.4 Å². The first-order chi connectivity index (χ1) is 13.9. The fraction of sp³-hybridized carbons (Fsp3) is 0.100. The molecule has 0 bridgehead atoms. The van der Waals surface area contributed by atoms with Crippen LogP contribution in [0.25, 0.3) is 11.1 Å². The van der Waals surface area contributed by atoms with Crippen LogP contribution in [-0.2, 0) is 4.79 Å². The number of benzene rings is 2. The van der Waals surface area contributed by atoms with Crippen LogP contribution in [0, 0.1) is 11.6 Å². The van der Waals surface area contributed by atoms with Crippen molar-refractivity contribution < 1.29 is 23.6 Å². The van der Waals surface area contributed by atoms with E-state index in [0.717, 1.165) is 11.0 Å². The van der Waals surface area contributed by atoms with E-state index in [1.165, 1.54) is 17.4 Å². The van der Waals surface area contributed by atoms with Gasteiger partial charge in [-0.3, -0.25) is 14.8 Å². The molecule has 3 aromatic rings. The van der Waals surface area contributed by atoms with Gasteiger partial charge < -0.3 is 4.90 Å². The van der Waals surface area contributed by atoms with Crippen molar-refractivity contribution in [2.45, 2.75) is 6.17 Å². The Bertz CT molecular complexity index is 1110. The molecule has 1 atom stereocenters. The molecule has 0 aliphatic carbocycles. The summed E-state index contributed by atoms with van der Waals surface area (Å²) >= 11 is 4.47. The predicted molar refractivity (Wildman–Crippen MR) is 106 cm³/mol. The Hall–Kier alpha value is -2.62. The number of thiophene rings is 1. The van der Waals surface area contributed by atoms with Crippen molar-refractivity contribution in [3.8, 4) is 11.1 Å². The summed E-state index contributed by atoms with van der Waals surface area (Å²) in [6.45, 7) is -0.496. The first kappa shape index (κ1) is 19.7. The number of nitrogens with zero attached hydrogens (tertiary/aromatic N) is 2. The van der Waals surface area contributed by atoms with Crippen molar-refractivity contribution in [3.05, 3.63) is 80.5 Å². The van der Waals surface area contributed by atoms with Crippen LogP contribution in [0.3, 0.4) is 0 Å². The normalized spacial score (nSPS) is 16.6. The van der Waals surface area contributed by atoms with Gasteiger partial charge in [0.1, 0.15) is 23.7 Å².